The van der Waals surface area contributed by atoms with E-state index in [4.69, 9.17) is 0 Å². The first-order valence-corrected chi connectivity index (χ1v) is 9.29. The largest absolute Gasteiger partial charge is 0.339 e. The topological polar surface area (TPSA) is 52.3 Å². The second kappa shape index (κ2) is 6.25. The third-order valence-electron chi connectivity index (χ3n) is 6.07. The molecule has 2 bridgehead atoms. The van der Waals surface area contributed by atoms with Crippen LogP contribution in [-0.2, 0) is 17.9 Å². The van der Waals surface area contributed by atoms with Crippen LogP contribution in [0.2, 0.25) is 0 Å². The van der Waals surface area contributed by atoms with Crippen LogP contribution in [0.3, 0.4) is 0 Å². The van der Waals surface area contributed by atoms with Crippen LogP contribution < -0.4 is 0 Å². The van der Waals surface area contributed by atoms with E-state index in [9.17, 15) is 10.1 Å². The van der Waals surface area contributed by atoms with Gasteiger partial charge in [-0.15, -0.1) is 0 Å². The number of carbonyl (C=O) groups is 1. The maximum absolute atomic E-state index is 12.2. The number of fused-ring (bicyclic) bond motifs is 4. The molecule has 0 aromatic carbocycles. The molecule has 0 spiro atoms. The van der Waals surface area contributed by atoms with Crippen molar-refractivity contribution in [2.75, 3.05) is 19.6 Å². The number of carbonyl (C=O) groups excluding carboxylic acids is 1. The Balaban J connectivity index is 1.47. The zero-order valence-corrected chi connectivity index (χ0v) is 14.4. The van der Waals surface area contributed by atoms with E-state index in [2.05, 4.69) is 29.0 Å². The molecule has 128 valence electrons. The lowest BCUT2D eigenvalue weighted by Gasteiger charge is -2.52. The highest BCUT2D eigenvalue weighted by atomic mass is 16.2. The van der Waals surface area contributed by atoms with Crippen molar-refractivity contribution in [3.63, 3.8) is 0 Å². The lowest BCUT2D eigenvalue weighted by atomic mass is 9.76. The zero-order chi connectivity index (χ0) is 16.7. The van der Waals surface area contributed by atoms with Crippen LogP contribution in [0.25, 0.3) is 0 Å². The van der Waals surface area contributed by atoms with Crippen molar-refractivity contribution in [1.29, 1.82) is 5.26 Å². The van der Waals surface area contributed by atoms with Gasteiger partial charge in [-0.05, 0) is 49.7 Å². The van der Waals surface area contributed by atoms with Crippen molar-refractivity contribution in [3.8, 4) is 6.07 Å². The molecule has 5 heteroatoms. The van der Waals surface area contributed by atoms with Crippen molar-refractivity contribution in [1.82, 2.24) is 14.4 Å². The molecular weight excluding hydrogens is 300 g/mol. The predicted octanol–water partition coefficient (Wildman–Crippen LogP) is 2.21. The number of likely N-dealkylation sites (tertiary alicyclic amines) is 1. The molecular formula is C19H26N4O. The summed E-state index contributed by atoms with van der Waals surface area (Å²) in [4.78, 5) is 17.0. The molecule has 3 saturated heterocycles. The zero-order valence-electron chi connectivity index (χ0n) is 14.4. The summed E-state index contributed by atoms with van der Waals surface area (Å²) in [7, 11) is 0. The second-order valence-corrected chi connectivity index (χ2v) is 7.69. The minimum Gasteiger partial charge on any atom is -0.339 e. The highest BCUT2D eigenvalue weighted by Crippen LogP contribution is 2.38. The normalized spacial score (nSPS) is 30.1. The minimum absolute atomic E-state index is 0.382. The standard InChI is InChI=1S/C19H26N4O/c1-2-22-11-15(7-17(22)8-20)10-21-9-14-6-16(13-21)18-4-3-5-19(24)23(18)12-14/h7,11,14,16,18H,2-6,9-10,12-13H2,1H3/t14?,16?,18-/m0/s1. The fourth-order valence-electron chi connectivity index (χ4n) is 5.11. The summed E-state index contributed by atoms with van der Waals surface area (Å²) in [6.45, 7) is 6.96. The molecule has 0 radical (unpaired) electrons. The summed E-state index contributed by atoms with van der Waals surface area (Å²) >= 11 is 0. The summed E-state index contributed by atoms with van der Waals surface area (Å²) in [6.07, 6.45) is 6.40. The number of hydrogen-bond donors (Lipinski definition) is 0. The Morgan fingerprint density at radius 1 is 1.33 bits per heavy atom. The number of nitrogens with zero attached hydrogens (tertiary/aromatic N) is 4. The van der Waals surface area contributed by atoms with Gasteiger partial charge in [0.1, 0.15) is 11.8 Å². The molecule has 3 aliphatic rings. The number of rotatable bonds is 3. The molecule has 0 aliphatic carbocycles. The Kier molecular flexibility index (Phi) is 4.09. The average Bonchev–Trinajstić information content (AvgIpc) is 2.98. The fraction of sp³-hybridized carbons (Fsp3) is 0.684. The molecule has 5 nitrogen and oxygen atoms in total. The van der Waals surface area contributed by atoms with Crippen LogP contribution in [-0.4, -0.2) is 46.0 Å². The molecule has 1 amide bonds. The molecule has 2 unspecified atom stereocenters. The first-order chi connectivity index (χ1) is 11.7. The lowest BCUT2D eigenvalue weighted by molar-refractivity contribution is -0.145. The van der Waals surface area contributed by atoms with Gasteiger partial charge in [0.05, 0.1) is 0 Å². The van der Waals surface area contributed by atoms with Crippen molar-refractivity contribution < 1.29 is 4.79 Å². The lowest BCUT2D eigenvalue weighted by Crippen LogP contribution is -2.60. The van der Waals surface area contributed by atoms with Gasteiger partial charge in [-0.2, -0.15) is 5.26 Å². The Morgan fingerprint density at radius 2 is 2.21 bits per heavy atom. The summed E-state index contributed by atoms with van der Waals surface area (Å²) in [5.74, 6) is 1.63. The van der Waals surface area contributed by atoms with Crippen molar-refractivity contribution in [2.45, 2.75) is 51.7 Å². The van der Waals surface area contributed by atoms with Crippen LogP contribution >= 0.6 is 0 Å². The highest BCUT2D eigenvalue weighted by Gasteiger charge is 2.43. The number of amides is 1. The van der Waals surface area contributed by atoms with Crippen LogP contribution in [0, 0.1) is 23.2 Å². The SMILES string of the molecule is CCn1cc(CN2CC3CC(C2)[C@@H]2CCCC(=O)N2C3)cc1C#N. The van der Waals surface area contributed by atoms with Crippen LogP contribution in [0.5, 0.6) is 0 Å². The second-order valence-electron chi connectivity index (χ2n) is 7.69. The van der Waals surface area contributed by atoms with Crippen LogP contribution in [0.15, 0.2) is 12.3 Å². The molecule has 0 N–H and O–H groups in total. The summed E-state index contributed by atoms with van der Waals surface area (Å²) in [6, 6.07) is 4.79. The third-order valence-corrected chi connectivity index (χ3v) is 6.07. The van der Waals surface area contributed by atoms with Gasteiger partial charge in [0.2, 0.25) is 5.91 Å². The number of aromatic nitrogens is 1. The molecule has 24 heavy (non-hydrogen) atoms. The van der Waals surface area contributed by atoms with E-state index in [0.717, 1.165) is 51.3 Å². The summed E-state index contributed by atoms with van der Waals surface area (Å²) in [5.41, 5.74) is 2.00. The first kappa shape index (κ1) is 15.7. The minimum atomic E-state index is 0.382. The quantitative estimate of drug-likeness (QED) is 0.856. The molecule has 3 aliphatic heterocycles. The Hall–Kier alpha value is -1.80. The van der Waals surface area contributed by atoms with Gasteiger partial charge in [0.15, 0.2) is 0 Å². The monoisotopic (exact) mass is 326 g/mol. The fourth-order valence-corrected chi connectivity index (χ4v) is 5.11. The van der Waals surface area contributed by atoms with Gasteiger partial charge < -0.3 is 9.47 Å². The summed E-state index contributed by atoms with van der Waals surface area (Å²) in [5, 5.41) is 9.23. The number of nitriles is 1. The van der Waals surface area contributed by atoms with Crippen LogP contribution in [0.1, 0.15) is 43.9 Å². The van der Waals surface area contributed by atoms with E-state index < -0.39 is 0 Å². The maximum atomic E-state index is 12.2. The summed E-state index contributed by atoms with van der Waals surface area (Å²) < 4.78 is 2.03. The maximum Gasteiger partial charge on any atom is 0.222 e. The average molecular weight is 326 g/mol. The van der Waals surface area contributed by atoms with E-state index in [1.165, 1.54) is 18.4 Å². The van der Waals surface area contributed by atoms with Crippen molar-refractivity contribution in [3.05, 3.63) is 23.5 Å². The van der Waals surface area contributed by atoms with Gasteiger partial charge in [0, 0.05) is 51.4 Å². The van der Waals surface area contributed by atoms with E-state index in [0.29, 0.717) is 23.8 Å². The molecule has 4 heterocycles. The molecule has 1 aromatic rings. The van der Waals surface area contributed by atoms with Gasteiger partial charge >= 0.3 is 0 Å². The van der Waals surface area contributed by atoms with Crippen molar-refractivity contribution >= 4 is 5.91 Å². The molecule has 3 atom stereocenters. The van der Waals surface area contributed by atoms with E-state index in [1.807, 2.05) is 10.6 Å². The highest BCUT2D eigenvalue weighted by molar-refractivity contribution is 5.77. The first-order valence-electron chi connectivity index (χ1n) is 9.29. The Bertz CT molecular complexity index is 673. The van der Waals surface area contributed by atoms with E-state index in [-0.39, 0.29) is 0 Å². The van der Waals surface area contributed by atoms with Gasteiger partial charge in [-0.25, -0.2) is 0 Å². The molecule has 3 fully saturated rings. The predicted molar refractivity (Wildman–Crippen MR) is 91.0 cm³/mol. The van der Waals surface area contributed by atoms with Gasteiger partial charge in [-0.1, -0.05) is 0 Å². The Labute approximate surface area is 143 Å². The van der Waals surface area contributed by atoms with E-state index in [1.54, 1.807) is 0 Å². The van der Waals surface area contributed by atoms with Gasteiger partial charge in [-0.3, -0.25) is 9.69 Å². The molecule has 4 rings (SSSR count). The van der Waals surface area contributed by atoms with Crippen molar-refractivity contribution in [2.24, 2.45) is 11.8 Å². The van der Waals surface area contributed by atoms with E-state index >= 15 is 0 Å². The number of hydrogen-bond acceptors (Lipinski definition) is 3. The number of piperidine rings is 3. The van der Waals surface area contributed by atoms with Crippen LogP contribution in [0.4, 0.5) is 0 Å². The van der Waals surface area contributed by atoms with Gasteiger partial charge in [0.25, 0.3) is 0 Å². The third kappa shape index (κ3) is 2.73. The smallest absolute Gasteiger partial charge is 0.222 e. The number of aryl methyl sites for hydroxylation is 1. The Morgan fingerprint density at radius 3 is 2.96 bits per heavy atom. The molecule has 0 saturated carbocycles. The molecule has 1 aromatic heterocycles.